The Morgan fingerprint density at radius 3 is 2.00 bits per heavy atom. The molecule has 2 aromatic rings. The second-order valence-corrected chi connectivity index (χ2v) is 7.22. The minimum Gasteiger partial charge on any atom is -0.492 e. The van der Waals surface area contributed by atoms with E-state index in [1.165, 1.54) is 6.92 Å². The highest BCUT2D eigenvalue weighted by Gasteiger charge is 2.25. The molecule has 2 rings (SSSR count). The molecule has 1 atom stereocenters. The second-order valence-electron chi connectivity index (χ2n) is 6.84. The molecule has 0 saturated carbocycles. The van der Waals surface area contributed by atoms with E-state index in [2.05, 4.69) is 15.5 Å². The number of rotatable bonds is 13. The molecule has 0 fully saturated rings. The summed E-state index contributed by atoms with van der Waals surface area (Å²) in [6, 6.07) is 6.86. The summed E-state index contributed by atoms with van der Waals surface area (Å²) in [5.41, 5.74) is 0.687. The maximum absolute atomic E-state index is 12.9. The molecule has 0 bridgehead atoms. The fourth-order valence-corrected chi connectivity index (χ4v) is 3.17. The Kier molecular flexibility index (Phi) is 10.6. The van der Waals surface area contributed by atoms with Gasteiger partial charge in [-0.2, -0.15) is 10.2 Å². The van der Waals surface area contributed by atoms with Gasteiger partial charge in [0.25, 0.3) is 5.91 Å². The third kappa shape index (κ3) is 7.08. The van der Waals surface area contributed by atoms with Crippen LogP contribution in [0, 0.1) is 0 Å². The van der Waals surface area contributed by atoms with E-state index in [1.54, 1.807) is 30.3 Å². The summed E-state index contributed by atoms with van der Waals surface area (Å²) in [5.74, 6) is 0.434. The molecular formula is C24H30ClN3O6. The Bertz CT molecular complexity index is 1000. The average Bonchev–Trinajstić information content (AvgIpc) is 2.79. The van der Waals surface area contributed by atoms with E-state index in [0.29, 0.717) is 65.8 Å². The van der Waals surface area contributed by atoms with Gasteiger partial charge >= 0.3 is 0 Å². The van der Waals surface area contributed by atoms with Crippen molar-refractivity contribution in [3.8, 4) is 23.0 Å². The number of benzene rings is 2. The van der Waals surface area contributed by atoms with Crippen LogP contribution in [0.25, 0.3) is 0 Å². The van der Waals surface area contributed by atoms with Gasteiger partial charge in [-0.25, -0.2) is 0 Å². The lowest BCUT2D eigenvalue weighted by Crippen LogP contribution is -2.31. The SMILES string of the molecule is CCOc1cc(NC(=O)C(N=Nc2cccc(OCC)c2OCC)C(C)=O)cc(OCC)c1Cl. The van der Waals surface area contributed by atoms with Crippen LogP contribution < -0.4 is 24.3 Å². The van der Waals surface area contributed by atoms with Gasteiger partial charge in [0.1, 0.15) is 22.2 Å². The zero-order valence-corrected chi connectivity index (χ0v) is 20.8. The lowest BCUT2D eigenvalue weighted by Gasteiger charge is -2.15. The first-order chi connectivity index (χ1) is 16.4. The zero-order chi connectivity index (χ0) is 25.1. The molecule has 0 saturated heterocycles. The molecule has 34 heavy (non-hydrogen) atoms. The number of anilines is 1. The van der Waals surface area contributed by atoms with Crippen molar-refractivity contribution in [1.29, 1.82) is 0 Å². The fraction of sp³-hybridized carbons (Fsp3) is 0.417. The molecule has 0 aliphatic carbocycles. The van der Waals surface area contributed by atoms with E-state index in [-0.39, 0.29) is 0 Å². The van der Waals surface area contributed by atoms with E-state index >= 15 is 0 Å². The number of carbonyl (C=O) groups excluding carboxylic acids is 2. The van der Waals surface area contributed by atoms with Crippen LogP contribution in [0.5, 0.6) is 23.0 Å². The van der Waals surface area contributed by atoms with Gasteiger partial charge in [0, 0.05) is 17.8 Å². The van der Waals surface area contributed by atoms with E-state index in [9.17, 15) is 9.59 Å². The number of ether oxygens (including phenoxy) is 4. The van der Waals surface area contributed by atoms with Crippen LogP contribution in [-0.4, -0.2) is 44.2 Å². The highest BCUT2D eigenvalue weighted by Crippen LogP contribution is 2.39. The third-order valence-electron chi connectivity index (χ3n) is 4.33. The summed E-state index contributed by atoms with van der Waals surface area (Å²) in [6.07, 6.45) is 0. The first-order valence-corrected chi connectivity index (χ1v) is 11.4. The Hall–Kier alpha value is -3.33. The van der Waals surface area contributed by atoms with Gasteiger partial charge in [0.15, 0.2) is 17.3 Å². The summed E-state index contributed by atoms with van der Waals surface area (Å²) < 4.78 is 22.3. The number of Topliss-reactive ketones (excluding diaryl/α,β-unsaturated/α-hetero) is 1. The Labute approximate surface area is 204 Å². The van der Waals surface area contributed by atoms with Crippen molar-refractivity contribution in [3.05, 3.63) is 35.4 Å². The molecule has 0 heterocycles. The maximum Gasteiger partial charge on any atom is 0.258 e. The molecule has 0 radical (unpaired) electrons. The van der Waals surface area contributed by atoms with Crippen LogP contribution in [0.15, 0.2) is 40.6 Å². The van der Waals surface area contributed by atoms with Crippen molar-refractivity contribution in [3.63, 3.8) is 0 Å². The van der Waals surface area contributed by atoms with Crippen molar-refractivity contribution in [1.82, 2.24) is 0 Å². The number of hydrogen-bond donors (Lipinski definition) is 1. The molecule has 2 aromatic carbocycles. The van der Waals surface area contributed by atoms with E-state index in [1.807, 2.05) is 27.7 Å². The van der Waals surface area contributed by atoms with Crippen molar-refractivity contribution >= 4 is 34.7 Å². The minimum atomic E-state index is -1.38. The van der Waals surface area contributed by atoms with Crippen molar-refractivity contribution < 1.29 is 28.5 Å². The number of carbonyl (C=O) groups is 2. The predicted molar refractivity (Wildman–Crippen MR) is 130 cm³/mol. The number of nitrogens with zero attached hydrogens (tertiary/aromatic N) is 2. The first kappa shape index (κ1) is 26.9. The standard InChI is InChI=1S/C24H30ClN3O6/c1-6-31-18-12-10-11-17(23(18)34-9-4)27-28-22(15(5)29)24(30)26-16-13-19(32-7-2)21(25)20(14-16)33-8-3/h10-14,22H,6-9H2,1-5H3,(H,26,30). The Morgan fingerprint density at radius 2 is 1.47 bits per heavy atom. The number of nitrogens with one attached hydrogen (secondary N) is 1. The predicted octanol–water partition coefficient (Wildman–Crippen LogP) is 5.61. The van der Waals surface area contributed by atoms with Gasteiger partial charge in [0.2, 0.25) is 6.04 Å². The van der Waals surface area contributed by atoms with E-state index in [4.69, 9.17) is 30.5 Å². The molecule has 1 N–H and O–H groups in total. The largest absolute Gasteiger partial charge is 0.492 e. The smallest absolute Gasteiger partial charge is 0.258 e. The number of ketones is 1. The summed E-state index contributed by atoms with van der Waals surface area (Å²) in [6.45, 7) is 10.1. The number of halogens is 1. The maximum atomic E-state index is 12.9. The highest BCUT2D eigenvalue weighted by atomic mass is 35.5. The van der Waals surface area contributed by atoms with Crippen LogP contribution in [-0.2, 0) is 9.59 Å². The molecule has 1 amide bonds. The molecular weight excluding hydrogens is 462 g/mol. The summed E-state index contributed by atoms with van der Waals surface area (Å²) >= 11 is 6.31. The van der Waals surface area contributed by atoms with Gasteiger partial charge in [-0.15, -0.1) is 0 Å². The molecule has 0 spiro atoms. The quantitative estimate of drug-likeness (QED) is 0.288. The van der Waals surface area contributed by atoms with Gasteiger partial charge in [-0.3, -0.25) is 9.59 Å². The summed E-state index contributed by atoms with van der Waals surface area (Å²) in [7, 11) is 0. The molecule has 0 aliphatic heterocycles. The van der Waals surface area contributed by atoms with Crippen LogP contribution in [0.1, 0.15) is 34.6 Å². The molecule has 1 unspecified atom stereocenters. The van der Waals surface area contributed by atoms with Crippen LogP contribution in [0.2, 0.25) is 5.02 Å². The van der Waals surface area contributed by atoms with Gasteiger partial charge in [0.05, 0.1) is 26.4 Å². The normalized spacial score (nSPS) is 11.7. The number of para-hydroxylation sites is 1. The molecule has 10 heteroatoms. The van der Waals surface area contributed by atoms with Crippen LogP contribution in [0.3, 0.4) is 0 Å². The second kappa shape index (κ2) is 13.4. The zero-order valence-electron chi connectivity index (χ0n) is 20.0. The van der Waals surface area contributed by atoms with E-state index in [0.717, 1.165) is 0 Å². The number of amides is 1. The van der Waals surface area contributed by atoms with Gasteiger partial charge in [-0.05, 0) is 46.8 Å². The van der Waals surface area contributed by atoms with Gasteiger partial charge < -0.3 is 24.3 Å². The number of azo groups is 1. The van der Waals surface area contributed by atoms with Gasteiger partial charge in [-0.1, -0.05) is 17.7 Å². The first-order valence-electron chi connectivity index (χ1n) is 11.1. The Balaban J connectivity index is 2.33. The summed E-state index contributed by atoms with van der Waals surface area (Å²) in [4.78, 5) is 25.2. The lowest BCUT2D eigenvalue weighted by molar-refractivity contribution is -0.126. The minimum absolute atomic E-state index is 0.294. The third-order valence-corrected chi connectivity index (χ3v) is 4.71. The molecule has 0 aliphatic rings. The highest BCUT2D eigenvalue weighted by molar-refractivity contribution is 6.33. The lowest BCUT2D eigenvalue weighted by atomic mass is 10.2. The average molecular weight is 492 g/mol. The molecule has 9 nitrogen and oxygen atoms in total. The molecule has 184 valence electrons. The van der Waals surface area contributed by atoms with Crippen molar-refractivity contribution in [2.75, 3.05) is 31.7 Å². The molecule has 0 aromatic heterocycles. The topological polar surface area (TPSA) is 108 Å². The van der Waals surface area contributed by atoms with Crippen LogP contribution >= 0.6 is 11.6 Å². The Morgan fingerprint density at radius 1 is 0.912 bits per heavy atom. The monoisotopic (exact) mass is 491 g/mol. The van der Waals surface area contributed by atoms with E-state index < -0.39 is 17.7 Å². The fourth-order valence-electron chi connectivity index (χ4n) is 2.96. The van der Waals surface area contributed by atoms with Crippen molar-refractivity contribution in [2.45, 2.75) is 40.7 Å². The van der Waals surface area contributed by atoms with Crippen LogP contribution in [0.4, 0.5) is 11.4 Å². The summed E-state index contributed by atoms with van der Waals surface area (Å²) in [5, 5.41) is 11.1. The number of hydrogen-bond acceptors (Lipinski definition) is 8. The van der Waals surface area contributed by atoms with Crippen molar-refractivity contribution in [2.24, 2.45) is 10.2 Å².